The van der Waals surface area contributed by atoms with E-state index in [1.165, 1.54) is 0 Å². The molecule has 2 aromatic rings. The molecule has 2 atom stereocenters. The van der Waals surface area contributed by atoms with Crippen LogP contribution >= 0.6 is 15.9 Å². The zero-order valence-electron chi connectivity index (χ0n) is 12.4. The highest BCUT2D eigenvalue weighted by Gasteiger charge is 2.14. The monoisotopic (exact) mass is 377 g/mol. The summed E-state index contributed by atoms with van der Waals surface area (Å²) < 4.78 is 18.2. The molecule has 2 aromatic carbocycles. The SMILES string of the molecule is N=C[C@@H](F)C[C@@H](Br)COC(=O)c1ccc(-c2ccccc2)cc1. The van der Waals surface area contributed by atoms with E-state index in [2.05, 4.69) is 15.9 Å². The van der Waals surface area contributed by atoms with E-state index in [1.54, 1.807) is 12.1 Å². The van der Waals surface area contributed by atoms with Crippen LogP contribution in [0.2, 0.25) is 0 Å². The molecule has 0 saturated carbocycles. The van der Waals surface area contributed by atoms with E-state index in [9.17, 15) is 9.18 Å². The average Bonchev–Trinajstić information content (AvgIpc) is 2.60. The fourth-order valence-corrected chi connectivity index (χ4v) is 2.55. The topological polar surface area (TPSA) is 50.1 Å². The molecular formula is C18H17BrFNO2. The average molecular weight is 378 g/mol. The largest absolute Gasteiger partial charge is 0.461 e. The van der Waals surface area contributed by atoms with Gasteiger partial charge in [0.2, 0.25) is 0 Å². The maximum Gasteiger partial charge on any atom is 0.338 e. The van der Waals surface area contributed by atoms with Crippen LogP contribution < -0.4 is 0 Å². The second kappa shape index (κ2) is 8.58. The molecule has 0 bridgehead atoms. The van der Waals surface area contributed by atoms with Crippen molar-refractivity contribution < 1.29 is 13.9 Å². The molecule has 0 heterocycles. The first-order valence-corrected chi connectivity index (χ1v) is 8.13. The van der Waals surface area contributed by atoms with Gasteiger partial charge in [0.1, 0.15) is 12.8 Å². The lowest BCUT2D eigenvalue weighted by atomic mass is 10.0. The Morgan fingerprint density at radius 3 is 2.35 bits per heavy atom. The molecule has 0 aliphatic heterocycles. The van der Waals surface area contributed by atoms with Gasteiger partial charge < -0.3 is 10.1 Å². The van der Waals surface area contributed by atoms with Gasteiger partial charge in [-0.3, -0.25) is 0 Å². The number of carbonyl (C=O) groups is 1. The van der Waals surface area contributed by atoms with E-state index >= 15 is 0 Å². The van der Waals surface area contributed by atoms with Gasteiger partial charge in [0.15, 0.2) is 0 Å². The van der Waals surface area contributed by atoms with Gasteiger partial charge in [-0.15, -0.1) is 0 Å². The summed E-state index contributed by atoms with van der Waals surface area (Å²) >= 11 is 3.24. The Balaban J connectivity index is 1.92. The van der Waals surface area contributed by atoms with Gasteiger partial charge in [0.05, 0.1) is 10.4 Å². The molecule has 0 fully saturated rings. The molecule has 0 saturated heterocycles. The summed E-state index contributed by atoms with van der Waals surface area (Å²) in [5.74, 6) is -0.445. The van der Waals surface area contributed by atoms with Gasteiger partial charge in [-0.05, 0) is 29.7 Å². The third kappa shape index (κ3) is 5.28. The van der Waals surface area contributed by atoms with Crippen molar-refractivity contribution in [1.82, 2.24) is 0 Å². The van der Waals surface area contributed by atoms with Gasteiger partial charge in [-0.2, -0.15) is 0 Å². The van der Waals surface area contributed by atoms with Gasteiger partial charge in [0, 0.05) is 6.21 Å². The van der Waals surface area contributed by atoms with Crippen molar-refractivity contribution in [3.05, 3.63) is 60.2 Å². The van der Waals surface area contributed by atoms with Crippen molar-refractivity contribution in [2.45, 2.75) is 17.4 Å². The van der Waals surface area contributed by atoms with Crippen LogP contribution in [-0.2, 0) is 4.74 Å². The number of benzene rings is 2. The summed E-state index contributed by atoms with van der Waals surface area (Å²) in [5.41, 5.74) is 2.55. The van der Waals surface area contributed by atoms with Crippen LogP contribution in [-0.4, -0.2) is 29.8 Å². The summed E-state index contributed by atoms with van der Waals surface area (Å²) in [6.07, 6.45) is -0.495. The first kappa shape index (κ1) is 17.3. The van der Waals surface area contributed by atoms with E-state index in [1.807, 2.05) is 42.5 Å². The maximum atomic E-state index is 13.0. The first-order chi connectivity index (χ1) is 11.1. The van der Waals surface area contributed by atoms with Crippen LogP contribution in [0.3, 0.4) is 0 Å². The quantitative estimate of drug-likeness (QED) is 0.433. The minimum absolute atomic E-state index is 0.0630. The molecule has 1 N–H and O–H groups in total. The fraction of sp³-hybridized carbons (Fsp3) is 0.222. The number of esters is 1. The maximum absolute atomic E-state index is 13.0. The number of hydrogen-bond acceptors (Lipinski definition) is 3. The van der Waals surface area contributed by atoms with Crippen molar-refractivity contribution >= 4 is 28.1 Å². The van der Waals surface area contributed by atoms with Crippen molar-refractivity contribution in [1.29, 1.82) is 5.41 Å². The Labute approximate surface area is 143 Å². The molecule has 120 valence electrons. The Morgan fingerprint density at radius 1 is 1.13 bits per heavy atom. The van der Waals surface area contributed by atoms with Gasteiger partial charge >= 0.3 is 5.97 Å². The fourth-order valence-electron chi connectivity index (χ4n) is 2.06. The molecule has 0 spiro atoms. The zero-order valence-corrected chi connectivity index (χ0v) is 14.0. The smallest absolute Gasteiger partial charge is 0.338 e. The normalized spacial score (nSPS) is 13.1. The highest BCUT2D eigenvalue weighted by molar-refractivity contribution is 9.09. The standard InChI is InChI=1S/C18H17BrFNO2/c19-16(10-17(20)11-21)12-23-18(22)15-8-6-14(7-9-15)13-4-2-1-3-5-13/h1-9,11,16-17,21H,10,12H2/t16-,17+/m1/s1. The van der Waals surface area contributed by atoms with Crippen LogP contribution in [0.1, 0.15) is 16.8 Å². The van der Waals surface area contributed by atoms with Gasteiger partial charge in [-0.1, -0.05) is 58.4 Å². The van der Waals surface area contributed by atoms with E-state index in [-0.39, 0.29) is 17.9 Å². The van der Waals surface area contributed by atoms with Crippen LogP contribution in [0.15, 0.2) is 54.6 Å². The lowest BCUT2D eigenvalue weighted by Crippen LogP contribution is -2.18. The number of halogens is 2. The minimum Gasteiger partial charge on any atom is -0.461 e. The van der Waals surface area contributed by atoms with Gasteiger partial charge in [0.25, 0.3) is 0 Å². The van der Waals surface area contributed by atoms with Crippen LogP contribution in [0, 0.1) is 5.41 Å². The Kier molecular flexibility index (Phi) is 6.47. The number of nitrogens with one attached hydrogen (secondary N) is 1. The zero-order chi connectivity index (χ0) is 16.7. The molecule has 0 aliphatic carbocycles. The molecule has 0 aliphatic rings. The number of rotatable bonds is 7. The molecule has 0 aromatic heterocycles. The number of alkyl halides is 2. The van der Waals surface area contributed by atoms with Crippen molar-refractivity contribution in [2.24, 2.45) is 0 Å². The third-order valence-corrected chi connectivity index (χ3v) is 3.92. The molecule has 3 nitrogen and oxygen atoms in total. The highest BCUT2D eigenvalue weighted by Crippen LogP contribution is 2.19. The molecule has 2 rings (SSSR count). The van der Waals surface area contributed by atoms with E-state index in [0.717, 1.165) is 17.3 Å². The third-order valence-electron chi connectivity index (χ3n) is 3.28. The number of hydrogen-bond donors (Lipinski definition) is 1. The lowest BCUT2D eigenvalue weighted by molar-refractivity contribution is 0.0502. The predicted molar refractivity (Wildman–Crippen MR) is 93.2 cm³/mol. The summed E-state index contributed by atoms with van der Waals surface area (Å²) in [7, 11) is 0. The second-order valence-electron chi connectivity index (χ2n) is 5.06. The van der Waals surface area contributed by atoms with Crippen molar-refractivity contribution in [3.63, 3.8) is 0 Å². The minimum atomic E-state index is -1.33. The number of carbonyl (C=O) groups excluding carboxylic acids is 1. The van der Waals surface area contributed by atoms with Gasteiger partial charge in [-0.25, -0.2) is 9.18 Å². The summed E-state index contributed by atoms with van der Waals surface area (Å²) in [5, 5.41) is 6.82. The second-order valence-corrected chi connectivity index (χ2v) is 6.35. The molecule has 0 radical (unpaired) electrons. The molecule has 0 unspecified atom stereocenters. The number of ether oxygens (including phenoxy) is 1. The lowest BCUT2D eigenvalue weighted by Gasteiger charge is -2.11. The summed E-state index contributed by atoms with van der Waals surface area (Å²) in [6, 6.07) is 17.0. The molecule has 5 heteroatoms. The van der Waals surface area contributed by atoms with E-state index < -0.39 is 12.1 Å². The summed E-state index contributed by atoms with van der Waals surface area (Å²) in [6.45, 7) is 0.0630. The predicted octanol–water partition coefficient (Wildman–Crippen LogP) is 4.65. The van der Waals surface area contributed by atoms with E-state index in [0.29, 0.717) is 5.56 Å². The first-order valence-electron chi connectivity index (χ1n) is 7.21. The highest BCUT2D eigenvalue weighted by atomic mass is 79.9. The molecule has 23 heavy (non-hydrogen) atoms. The summed E-state index contributed by atoms with van der Waals surface area (Å²) in [4.78, 5) is 11.7. The Morgan fingerprint density at radius 2 is 1.74 bits per heavy atom. The molecule has 0 amide bonds. The van der Waals surface area contributed by atoms with Crippen LogP contribution in [0.4, 0.5) is 4.39 Å². The molecular weight excluding hydrogens is 361 g/mol. The Bertz CT molecular complexity index is 646. The van der Waals surface area contributed by atoms with E-state index in [4.69, 9.17) is 10.1 Å². The van der Waals surface area contributed by atoms with Crippen molar-refractivity contribution in [2.75, 3.05) is 6.61 Å². The Hall–Kier alpha value is -2.01. The van der Waals surface area contributed by atoms with Crippen molar-refractivity contribution in [3.8, 4) is 11.1 Å². The van der Waals surface area contributed by atoms with Crippen LogP contribution in [0.25, 0.3) is 11.1 Å². The van der Waals surface area contributed by atoms with Crippen LogP contribution in [0.5, 0.6) is 0 Å².